The van der Waals surface area contributed by atoms with Gasteiger partial charge in [0.15, 0.2) is 0 Å². The van der Waals surface area contributed by atoms with Crippen LogP contribution in [0.4, 0.5) is 0 Å². The number of hydrogen-bond donors (Lipinski definition) is 0. The number of thioether (sulfide) groups is 1. The molecule has 1 saturated heterocycles. The number of fused-ring (bicyclic) bond motifs is 2. The minimum atomic E-state index is 1.12. The van der Waals surface area contributed by atoms with Gasteiger partial charge in [0.25, 0.3) is 0 Å². The van der Waals surface area contributed by atoms with Gasteiger partial charge in [0.05, 0.1) is 0 Å². The molecular weight excluding hydrogens is 166 g/mol. The molecule has 64 valence electrons. The highest BCUT2D eigenvalue weighted by Crippen LogP contribution is 2.29. The Hall–Kier alpha value is -0.630. The van der Waals surface area contributed by atoms with E-state index in [2.05, 4.69) is 36.3 Å². The van der Waals surface area contributed by atoms with Gasteiger partial charge in [-0.25, -0.2) is 0 Å². The van der Waals surface area contributed by atoms with E-state index in [0.29, 0.717) is 0 Å². The molecular formula is C10H13NS. The van der Waals surface area contributed by atoms with Crippen LogP contribution < -0.4 is 0 Å². The summed E-state index contributed by atoms with van der Waals surface area (Å²) in [6, 6.07) is 0. The maximum Gasteiger partial charge on any atom is 0.0266 e. The normalized spacial score (nSPS) is 22.6. The van der Waals surface area contributed by atoms with E-state index < -0.39 is 0 Å². The van der Waals surface area contributed by atoms with Crippen molar-refractivity contribution in [2.24, 2.45) is 0 Å². The molecule has 12 heavy (non-hydrogen) atoms. The van der Waals surface area contributed by atoms with Crippen LogP contribution in [-0.2, 0) is 0 Å². The summed E-state index contributed by atoms with van der Waals surface area (Å²) in [6.45, 7) is 1.17. The Bertz CT molecular complexity index is 263. The van der Waals surface area contributed by atoms with Gasteiger partial charge >= 0.3 is 0 Å². The first-order valence-corrected chi connectivity index (χ1v) is 5.25. The van der Waals surface area contributed by atoms with Crippen LogP contribution in [0.3, 0.4) is 0 Å². The van der Waals surface area contributed by atoms with E-state index in [1.165, 1.54) is 22.9 Å². The lowest BCUT2D eigenvalue weighted by Gasteiger charge is -2.18. The van der Waals surface area contributed by atoms with Gasteiger partial charge in [0, 0.05) is 31.5 Å². The third-order valence-corrected chi connectivity index (χ3v) is 3.28. The maximum absolute atomic E-state index is 2.35. The number of rotatable bonds is 0. The molecule has 2 bridgehead atoms. The topological polar surface area (TPSA) is 3.24 Å². The van der Waals surface area contributed by atoms with Gasteiger partial charge in [-0.3, -0.25) is 0 Å². The SMILES string of the molecule is CN1CCSC2=CC=CC=C1C2. The quantitative estimate of drug-likeness (QED) is 0.561. The molecule has 2 heteroatoms. The zero-order valence-corrected chi connectivity index (χ0v) is 8.10. The molecule has 0 N–H and O–H groups in total. The molecule has 0 aromatic carbocycles. The average molecular weight is 179 g/mol. The summed E-state index contributed by atoms with van der Waals surface area (Å²) in [7, 11) is 2.18. The first-order valence-electron chi connectivity index (χ1n) is 4.26. The molecule has 0 atom stereocenters. The molecule has 0 amide bonds. The zero-order valence-electron chi connectivity index (χ0n) is 7.29. The average Bonchev–Trinajstić information content (AvgIpc) is 2.38. The lowest BCUT2D eigenvalue weighted by atomic mass is 10.2. The Labute approximate surface area is 77.8 Å². The molecule has 0 aromatic rings. The molecule has 1 nitrogen and oxygen atoms in total. The fraction of sp³-hybridized carbons (Fsp3) is 0.400. The van der Waals surface area contributed by atoms with Crippen molar-refractivity contribution < 1.29 is 0 Å². The Kier molecular flexibility index (Phi) is 2.26. The van der Waals surface area contributed by atoms with Crippen LogP contribution >= 0.6 is 11.8 Å². The maximum atomic E-state index is 2.35. The monoisotopic (exact) mass is 179 g/mol. The molecule has 2 rings (SSSR count). The molecule has 0 unspecified atom stereocenters. The highest BCUT2D eigenvalue weighted by Gasteiger charge is 2.13. The molecule has 1 fully saturated rings. The van der Waals surface area contributed by atoms with E-state index in [4.69, 9.17) is 0 Å². The first kappa shape index (κ1) is 7.99. The van der Waals surface area contributed by atoms with Gasteiger partial charge in [0.1, 0.15) is 0 Å². The molecule has 0 radical (unpaired) electrons. The van der Waals surface area contributed by atoms with Gasteiger partial charge in [-0.15, -0.1) is 11.8 Å². The molecule has 0 saturated carbocycles. The number of nitrogens with zero attached hydrogens (tertiary/aromatic N) is 1. The molecule has 2 aliphatic rings. The van der Waals surface area contributed by atoms with E-state index in [0.717, 1.165) is 6.42 Å². The van der Waals surface area contributed by atoms with Crippen molar-refractivity contribution in [2.45, 2.75) is 6.42 Å². The van der Waals surface area contributed by atoms with E-state index in [1.807, 2.05) is 11.8 Å². The second-order valence-electron chi connectivity index (χ2n) is 3.12. The van der Waals surface area contributed by atoms with Crippen molar-refractivity contribution in [3.8, 4) is 0 Å². The summed E-state index contributed by atoms with van der Waals surface area (Å²) >= 11 is 1.98. The first-order chi connectivity index (χ1) is 5.86. The van der Waals surface area contributed by atoms with E-state index in [9.17, 15) is 0 Å². The highest BCUT2D eigenvalue weighted by atomic mass is 32.2. The van der Waals surface area contributed by atoms with Gasteiger partial charge in [0.2, 0.25) is 0 Å². The second-order valence-corrected chi connectivity index (χ2v) is 4.34. The summed E-state index contributed by atoms with van der Waals surface area (Å²) in [6.07, 6.45) is 9.83. The minimum Gasteiger partial charge on any atom is -0.377 e. The molecule has 1 aliphatic heterocycles. The zero-order chi connectivity index (χ0) is 8.39. The lowest BCUT2D eigenvalue weighted by molar-refractivity contribution is 0.440. The summed E-state index contributed by atoms with van der Waals surface area (Å²) < 4.78 is 0. The summed E-state index contributed by atoms with van der Waals surface area (Å²) in [5.41, 5.74) is 1.44. The van der Waals surface area contributed by atoms with Crippen molar-refractivity contribution >= 4 is 11.8 Å². The van der Waals surface area contributed by atoms with Gasteiger partial charge in [-0.05, 0) is 11.0 Å². The number of allylic oxidation sites excluding steroid dienone is 5. The predicted octanol–water partition coefficient (Wildman–Crippen LogP) is 2.39. The van der Waals surface area contributed by atoms with Crippen molar-refractivity contribution in [1.29, 1.82) is 0 Å². The van der Waals surface area contributed by atoms with Crippen LogP contribution in [0.15, 0.2) is 34.9 Å². The lowest BCUT2D eigenvalue weighted by Crippen LogP contribution is -2.18. The Morgan fingerprint density at radius 1 is 1.33 bits per heavy atom. The van der Waals surface area contributed by atoms with Gasteiger partial charge in [-0.1, -0.05) is 18.2 Å². The Balaban J connectivity index is 2.30. The van der Waals surface area contributed by atoms with Crippen LogP contribution in [0.1, 0.15) is 6.42 Å². The van der Waals surface area contributed by atoms with Gasteiger partial charge in [-0.2, -0.15) is 0 Å². The van der Waals surface area contributed by atoms with Crippen molar-refractivity contribution in [1.82, 2.24) is 4.90 Å². The number of hydrogen-bond acceptors (Lipinski definition) is 2. The third-order valence-electron chi connectivity index (χ3n) is 2.24. The van der Waals surface area contributed by atoms with Crippen LogP contribution in [-0.4, -0.2) is 24.2 Å². The smallest absolute Gasteiger partial charge is 0.0266 e. The van der Waals surface area contributed by atoms with E-state index in [-0.39, 0.29) is 0 Å². The predicted molar refractivity (Wildman–Crippen MR) is 55.0 cm³/mol. The van der Waals surface area contributed by atoms with Crippen LogP contribution in [0, 0.1) is 0 Å². The molecule has 0 aromatic heterocycles. The van der Waals surface area contributed by atoms with Crippen molar-refractivity contribution in [3.05, 3.63) is 34.9 Å². The molecule has 1 aliphatic carbocycles. The van der Waals surface area contributed by atoms with Gasteiger partial charge < -0.3 is 4.90 Å². The van der Waals surface area contributed by atoms with E-state index >= 15 is 0 Å². The van der Waals surface area contributed by atoms with Crippen LogP contribution in [0.2, 0.25) is 0 Å². The summed E-state index contributed by atoms with van der Waals surface area (Å²) in [5.74, 6) is 1.22. The second kappa shape index (κ2) is 3.40. The van der Waals surface area contributed by atoms with Crippen LogP contribution in [0.25, 0.3) is 0 Å². The van der Waals surface area contributed by atoms with Crippen LogP contribution in [0.5, 0.6) is 0 Å². The van der Waals surface area contributed by atoms with Crippen molar-refractivity contribution in [3.63, 3.8) is 0 Å². The Morgan fingerprint density at radius 3 is 3.08 bits per heavy atom. The molecule has 0 spiro atoms. The summed E-state index contributed by atoms with van der Waals surface area (Å²) in [4.78, 5) is 3.85. The summed E-state index contributed by atoms with van der Waals surface area (Å²) in [5, 5.41) is 0. The minimum absolute atomic E-state index is 1.12. The fourth-order valence-electron chi connectivity index (χ4n) is 1.44. The highest BCUT2D eigenvalue weighted by molar-refractivity contribution is 8.03. The largest absolute Gasteiger partial charge is 0.377 e. The standard InChI is InChI=1S/C10H13NS/c1-11-6-7-12-10-5-3-2-4-9(11)8-10/h2-5H,6-8H2,1H3. The van der Waals surface area contributed by atoms with E-state index in [1.54, 1.807) is 0 Å². The van der Waals surface area contributed by atoms with Crippen molar-refractivity contribution in [2.75, 3.05) is 19.3 Å². The third kappa shape index (κ3) is 1.58. The Morgan fingerprint density at radius 2 is 2.17 bits per heavy atom. The fourth-order valence-corrected chi connectivity index (χ4v) is 2.50. The molecule has 1 heterocycles.